The third kappa shape index (κ3) is 3.80. The quantitative estimate of drug-likeness (QED) is 0.644. The molecule has 0 bridgehead atoms. The Balaban J connectivity index is 1.48. The number of imidazole rings is 1. The summed E-state index contributed by atoms with van der Waals surface area (Å²) in [6.07, 6.45) is 5.52. The molecule has 0 radical (unpaired) electrons. The van der Waals surface area contributed by atoms with Crippen molar-refractivity contribution in [2.24, 2.45) is 5.92 Å². The van der Waals surface area contributed by atoms with E-state index < -0.39 is 0 Å². The van der Waals surface area contributed by atoms with Gasteiger partial charge in [0.25, 0.3) is 0 Å². The van der Waals surface area contributed by atoms with Crippen molar-refractivity contribution < 1.29 is 0 Å². The lowest BCUT2D eigenvalue weighted by atomic mass is 9.86. The van der Waals surface area contributed by atoms with E-state index in [2.05, 4.69) is 47.3 Å². The summed E-state index contributed by atoms with van der Waals surface area (Å²) in [6.45, 7) is 5.56. The highest BCUT2D eigenvalue weighted by Gasteiger charge is 2.20. The van der Waals surface area contributed by atoms with Gasteiger partial charge in [0.15, 0.2) is 5.16 Å². The minimum Gasteiger partial charge on any atom is -0.333 e. The fourth-order valence-corrected chi connectivity index (χ4v) is 3.94. The average Bonchev–Trinajstić information content (AvgIpc) is 2.87. The van der Waals surface area contributed by atoms with Gasteiger partial charge >= 0.3 is 0 Å². The first kappa shape index (κ1) is 14.9. The van der Waals surface area contributed by atoms with E-state index in [1.54, 1.807) is 0 Å². The Morgan fingerprint density at radius 2 is 2.19 bits per heavy atom. The SMILES string of the molecule is Cc1ccc2nc(SCCNC3CCCCC3C)[nH]c2c1. The van der Waals surface area contributed by atoms with Gasteiger partial charge in [0.05, 0.1) is 11.0 Å². The van der Waals surface area contributed by atoms with E-state index in [9.17, 15) is 0 Å². The molecule has 1 aliphatic rings. The number of benzene rings is 1. The Morgan fingerprint density at radius 1 is 1.33 bits per heavy atom. The third-order valence-electron chi connectivity index (χ3n) is 4.47. The van der Waals surface area contributed by atoms with E-state index >= 15 is 0 Å². The number of nitrogens with one attached hydrogen (secondary N) is 2. The fraction of sp³-hybridized carbons (Fsp3) is 0.588. The maximum absolute atomic E-state index is 4.63. The molecule has 2 aromatic rings. The van der Waals surface area contributed by atoms with Crippen LogP contribution in [0.2, 0.25) is 0 Å². The largest absolute Gasteiger partial charge is 0.333 e. The number of rotatable bonds is 5. The molecule has 3 nitrogen and oxygen atoms in total. The Bertz CT molecular complexity index is 593. The molecule has 2 atom stereocenters. The van der Waals surface area contributed by atoms with Gasteiger partial charge in [-0.1, -0.05) is 37.6 Å². The monoisotopic (exact) mass is 303 g/mol. The first-order chi connectivity index (χ1) is 10.2. The molecular formula is C17H25N3S. The summed E-state index contributed by atoms with van der Waals surface area (Å²) in [4.78, 5) is 8.04. The molecule has 2 unspecified atom stereocenters. The Hall–Kier alpha value is -1.00. The Morgan fingerprint density at radius 3 is 3.05 bits per heavy atom. The molecule has 21 heavy (non-hydrogen) atoms. The summed E-state index contributed by atoms with van der Waals surface area (Å²) in [6, 6.07) is 7.09. The number of H-pyrrole nitrogens is 1. The molecule has 1 saturated carbocycles. The van der Waals surface area contributed by atoms with Crippen LogP contribution in [0.15, 0.2) is 23.4 Å². The number of hydrogen-bond acceptors (Lipinski definition) is 3. The number of fused-ring (bicyclic) bond motifs is 1. The van der Waals surface area contributed by atoms with Crippen molar-refractivity contribution in [2.75, 3.05) is 12.3 Å². The number of nitrogens with zero attached hydrogens (tertiary/aromatic N) is 1. The van der Waals surface area contributed by atoms with Gasteiger partial charge in [-0.25, -0.2) is 4.98 Å². The van der Waals surface area contributed by atoms with Gasteiger partial charge in [0.2, 0.25) is 0 Å². The molecule has 1 aliphatic carbocycles. The van der Waals surface area contributed by atoms with Crippen LogP contribution in [0.3, 0.4) is 0 Å². The zero-order chi connectivity index (χ0) is 14.7. The molecule has 1 heterocycles. The molecule has 1 aromatic heterocycles. The molecule has 114 valence electrons. The molecule has 2 N–H and O–H groups in total. The summed E-state index contributed by atoms with van der Waals surface area (Å²) < 4.78 is 0. The van der Waals surface area contributed by atoms with Crippen LogP contribution in [-0.2, 0) is 0 Å². The lowest BCUT2D eigenvalue weighted by molar-refractivity contribution is 0.285. The summed E-state index contributed by atoms with van der Waals surface area (Å²) in [5.41, 5.74) is 3.49. The maximum atomic E-state index is 4.63. The molecule has 0 spiro atoms. The molecule has 0 saturated heterocycles. The van der Waals surface area contributed by atoms with Crippen LogP contribution in [-0.4, -0.2) is 28.3 Å². The van der Waals surface area contributed by atoms with Crippen LogP contribution in [0.1, 0.15) is 38.2 Å². The van der Waals surface area contributed by atoms with Crippen molar-refractivity contribution in [3.8, 4) is 0 Å². The number of aryl methyl sites for hydroxylation is 1. The van der Waals surface area contributed by atoms with Crippen LogP contribution in [0.4, 0.5) is 0 Å². The zero-order valence-electron chi connectivity index (χ0n) is 13.0. The minimum absolute atomic E-state index is 0.720. The summed E-state index contributed by atoms with van der Waals surface area (Å²) >= 11 is 1.81. The summed E-state index contributed by atoms with van der Waals surface area (Å²) in [5, 5.41) is 4.76. The van der Waals surface area contributed by atoms with E-state index in [4.69, 9.17) is 0 Å². The molecule has 1 fully saturated rings. The van der Waals surface area contributed by atoms with Gasteiger partial charge in [-0.05, 0) is 43.4 Å². The van der Waals surface area contributed by atoms with E-state index in [1.807, 2.05) is 11.8 Å². The third-order valence-corrected chi connectivity index (χ3v) is 5.35. The number of aromatic amines is 1. The maximum Gasteiger partial charge on any atom is 0.166 e. The van der Waals surface area contributed by atoms with Crippen LogP contribution >= 0.6 is 11.8 Å². The van der Waals surface area contributed by atoms with Gasteiger partial charge in [0, 0.05) is 18.3 Å². The van der Waals surface area contributed by atoms with E-state index in [0.29, 0.717) is 0 Å². The zero-order valence-corrected chi connectivity index (χ0v) is 13.8. The molecule has 1 aromatic carbocycles. The van der Waals surface area contributed by atoms with Crippen LogP contribution in [0.25, 0.3) is 11.0 Å². The fourth-order valence-electron chi connectivity index (χ4n) is 3.18. The highest BCUT2D eigenvalue weighted by atomic mass is 32.2. The van der Waals surface area contributed by atoms with Crippen LogP contribution in [0.5, 0.6) is 0 Å². The van der Waals surface area contributed by atoms with Crippen molar-refractivity contribution in [1.29, 1.82) is 0 Å². The van der Waals surface area contributed by atoms with Crippen LogP contribution < -0.4 is 5.32 Å². The van der Waals surface area contributed by atoms with Crippen molar-refractivity contribution in [3.05, 3.63) is 23.8 Å². The molecule has 4 heteroatoms. The molecular weight excluding hydrogens is 278 g/mol. The highest BCUT2D eigenvalue weighted by Crippen LogP contribution is 2.24. The first-order valence-electron chi connectivity index (χ1n) is 8.05. The second-order valence-electron chi connectivity index (χ2n) is 6.23. The standard InChI is InChI=1S/C17H25N3S/c1-12-7-8-15-16(11-12)20-17(19-15)21-10-9-18-14-6-4-3-5-13(14)2/h7-8,11,13-14,18H,3-6,9-10H2,1-2H3,(H,19,20). The van der Waals surface area contributed by atoms with E-state index in [0.717, 1.165) is 40.4 Å². The second-order valence-corrected chi connectivity index (χ2v) is 7.32. The Kier molecular flexibility index (Phi) is 4.86. The van der Waals surface area contributed by atoms with Crippen molar-refractivity contribution in [2.45, 2.75) is 50.7 Å². The number of hydrogen-bond donors (Lipinski definition) is 2. The summed E-state index contributed by atoms with van der Waals surface area (Å²) in [7, 11) is 0. The average molecular weight is 303 g/mol. The van der Waals surface area contributed by atoms with Gasteiger partial charge in [-0.3, -0.25) is 0 Å². The summed E-state index contributed by atoms with van der Waals surface area (Å²) in [5.74, 6) is 1.90. The lowest BCUT2D eigenvalue weighted by Gasteiger charge is -2.29. The minimum atomic E-state index is 0.720. The number of aromatic nitrogens is 2. The predicted octanol–water partition coefficient (Wildman–Crippen LogP) is 4.13. The van der Waals surface area contributed by atoms with Crippen LogP contribution in [0, 0.1) is 12.8 Å². The van der Waals surface area contributed by atoms with Gasteiger partial charge in [-0.15, -0.1) is 0 Å². The topological polar surface area (TPSA) is 40.7 Å². The second kappa shape index (κ2) is 6.84. The Labute approximate surface area is 131 Å². The molecule has 0 aliphatic heterocycles. The van der Waals surface area contributed by atoms with E-state index in [-0.39, 0.29) is 0 Å². The smallest absolute Gasteiger partial charge is 0.166 e. The first-order valence-corrected chi connectivity index (χ1v) is 9.03. The van der Waals surface area contributed by atoms with Crippen molar-refractivity contribution in [1.82, 2.24) is 15.3 Å². The van der Waals surface area contributed by atoms with E-state index in [1.165, 1.54) is 31.2 Å². The molecule has 0 amide bonds. The van der Waals surface area contributed by atoms with Gasteiger partial charge in [0.1, 0.15) is 0 Å². The molecule has 3 rings (SSSR count). The van der Waals surface area contributed by atoms with Gasteiger partial charge < -0.3 is 10.3 Å². The lowest BCUT2D eigenvalue weighted by Crippen LogP contribution is -2.38. The normalized spacial score (nSPS) is 22.8. The predicted molar refractivity (Wildman–Crippen MR) is 91.0 cm³/mol. The van der Waals surface area contributed by atoms with Gasteiger partial charge in [-0.2, -0.15) is 0 Å². The number of thioether (sulfide) groups is 1. The van der Waals surface area contributed by atoms with Crippen molar-refractivity contribution >= 4 is 22.8 Å². The highest BCUT2D eigenvalue weighted by molar-refractivity contribution is 7.99. The van der Waals surface area contributed by atoms with Crippen molar-refractivity contribution in [3.63, 3.8) is 0 Å².